The summed E-state index contributed by atoms with van der Waals surface area (Å²) in [5, 5.41) is 16.3. The van der Waals surface area contributed by atoms with Crippen molar-refractivity contribution in [1.82, 2.24) is 35.1 Å². The first-order chi connectivity index (χ1) is 32.1. The average Bonchev–Trinajstić information content (AvgIpc) is 3.88. The maximum atomic E-state index is 14.7. The first kappa shape index (κ1) is 49.9. The lowest BCUT2D eigenvalue weighted by Gasteiger charge is -2.37. The van der Waals surface area contributed by atoms with Crippen LogP contribution in [0.3, 0.4) is 0 Å². The van der Waals surface area contributed by atoms with Crippen LogP contribution in [0.25, 0.3) is 33.3 Å². The number of carbonyl (C=O) groups excluding carboxylic acids is 5. The molecule has 366 valence electrons. The number of rotatable bonds is 9. The quantitative estimate of drug-likeness (QED) is 0.168. The Morgan fingerprint density at radius 3 is 2.51 bits per heavy atom. The normalized spacial score (nSPS) is 21.6. The Bertz CT molecular complexity index is 2580. The summed E-state index contributed by atoms with van der Waals surface area (Å²) in [4.78, 5) is 75.7. The number of cyclic esters (lactones) is 1. The van der Waals surface area contributed by atoms with E-state index in [0.717, 1.165) is 55.6 Å². The van der Waals surface area contributed by atoms with Crippen LogP contribution in [0.5, 0.6) is 5.75 Å². The van der Waals surface area contributed by atoms with E-state index in [0.29, 0.717) is 43.5 Å². The number of methoxy groups -OCH3 is 1. The molecule has 0 aliphatic carbocycles. The van der Waals surface area contributed by atoms with Crippen molar-refractivity contribution in [3.05, 3.63) is 71.5 Å². The van der Waals surface area contributed by atoms with Gasteiger partial charge in [0.1, 0.15) is 23.9 Å². The molecule has 3 aliphatic heterocycles. The highest BCUT2D eigenvalue weighted by Gasteiger charge is 2.54. The predicted molar refractivity (Wildman–Crippen MR) is 247 cm³/mol. The lowest BCUT2D eigenvalue weighted by Crippen LogP contribution is -2.62. The van der Waals surface area contributed by atoms with E-state index in [-0.39, 0.29) is 25.3 Å². The summed E-state index contributed by atoms with van der Waals surface area (Å²) in [7, 11) is 2.90. The van der Waals surface area contributed by atoms with Crippen LogP contribution in [-0.2, 0) is 59.4 Å². The second-order valence-corrected chi connectivity index (χ2v) is 19.5. The van der Waals surface area contributed by atoms with E-state index in [2.05, 4.69) is 33.3 Å². The van der Waals surface area contributed by atoms with E-state index in [9.17, 15) is 42.3 Å². The van der Waals surface area contributed by atoms with Crippen molar-refractivity contribution in [2.75, 3.05) is 40.4 Å². The standard InChI is InChI=1S/C50H62F3N7O8/c1-9-59-42-13-12-31-21-35(42)36(44(59)37-23-54-15-14-32(37)26-67-8)22-49(5,6)27-68-48(66)40-11-10-16-60(56-40)47(65)41(19-30-17-33(31)20-34(62)18-30)55-45(63)43(28(2)3)57(7)46(64)38-24-58(29(4)61)25-39(38)50(51,52)53/h12-15,17-18,20-21,23,28,38-41,43,56,62H,9-11,16,19,22,24-27H2,1-8H3,(H,55,63)/t38-,39?,40+,41+,43?/m1/s1. The van der Waals surface area contributed by atoms with Crippen LogP contribution in [-0.4, -0.2) is 124 Å². The lowest BCUT2D eigenvalue weighted by atomic mass is 9.84. The largest absolute Gasteiger partial charge is 0.508 e. The van der Waals surface area contributed by atoms with E-state index < -0.39 is 90.2 Å². The number of aromatic nitrogens is 2. The van der Waals surface area contributed by atoms with Gasteiger partial charge in [0.15, 0.2) is 0 Å². The Kier molecular flexibility index (Phi) is 14.6. The number of hydrogen-bond acceptors (Lipinski definition) is 10. The third-order valence-electron chi connectivity index (χ3n) is 13.5. The first-order valence-corrected chi connectivity index (χ1v) is 23.2. The molecule has 7 rings (SSSR count). The summed E-state index contributed by atoms with van der Waals surface area (Å²) in [6, 6.07) is 9.33. The molecule has 5 heterocycles. The zero-order valence-electron chi connectivity index (χ0n) is 39.9. The number of nitrogens with one attached hydrogen (secondary N) is 2. The minimum atomic E-state index is -4.79. The van der Waals surface area contributed by atoms with E-state index in [1.54, 1.807) is 33.2 Å². The topological polar surface area (TPSA) is 176 Å². The highest BCUT2D eigenvalue weighted by molar-refractivity contribution is 5.96. The SMILES string of the molecule is CCn1c(-c2cnccc2COC)c2c3cc(ccc31)-c1cc(O)cc(c1)C[C@H](NC(=O)C(C(C)C)N(C)C(=O)[C@@H]1CN(C(C)=O)CC1C(F)(F)F)C(=O)N1CCC[C@H](N1)C(=O)OCC(C)(C)C2. The number of benzene rings is 2. The zero-order valence-corrected chi connectivity index (χ0v) is 39.9. The number of likely N-dealkylation sites (N-methyl/N-ethyl adjacent to an activating group) is 1. The fourth-order valence-electron chi connectivity index (χ4n) is 10.2. The summed E-state index contributed by atoms with van der Waals surface area (Å²) in [6.07, 6.45) is -0.102. The molecule has 2 fully saturated rings. The number of hydrogen-bond donors (Lipinski definition) is 3. The van der Waals surface area contributed by atoms with Gasteiger partial charge in [-0.25, -0.2) is 5.43 Å². The number of ether oxygens (including phenoxy) is 2. The molecule has 15 nitrogen and oxygen atoms in total. The van der Waals surface area contributed by atoms with Gasteiger partial charge in [-0.3, -0.25) is 34.0 Å². The van der Waals surface area contributed by atoms with Gasteiger partial charge in [-0.2, -0.15) is 13.2 Å². The van der Waals surface area contributed by atoms with Gasteiger partial charge >= 0.3 is 12.1 Å². The minimum absolute atomic E-state index is 0.0443. The third-order valence-corrected chi connectivity index (χ3v) is 13.5. The van der Waals surface area contributed by atoms with E-state index >= 15 is 0 Å². The molecule has 2 saturated heterocycles. The maximum Gasteiger partial charge on any atom is 0.394 e. The molecule has 0 saturated carbocycles. The molecule has 0 spiro atoms. The number of amides is 4. The molecule has 18 heteroatoms. The molecule has 68 heavy (non-hydrogen) atoms. The number of phenolic OH excluding ortho intramolecular Hbond substituents is 1. The van der Waals surface area contributed by atoms with Crippen LogP contribution in [0.1, 0.15) is 71.1 Å². The van der Waals surface area contributed by atoms with Gasteiger partial charge in [0.2, 0.25) is 17.7 Å². The molecule has 4 aromatic rings. The van der Waals surface area contributed by atoms with E-state index in [1.807, 2.05) is 44.3 Å². The van der Waals surface area contributed by atoms with Crippen molar-refractivity contribution in [1.29, 1.82) is 0 Å². The van der Waals surface area contributed by atoms with Gasteiger partial charge in [0, 0.05) is 88.0 Å². The molecule has 0 radical (unpaired) electrons. The van der Waals surface area contributed by atoms with Crippen LogP contribution in [0, 0.1) is 23.2 Å². The van der Waals surface area contributed by atoms with E-state index in [4.69, 9.17) is 9.47 Å². The Labute approximate surface area is 394 Å². The summed E-state index contributed by atoms with van der Waals surface area (Å²) in [5.41, 5.74) is 9.06. The number of likely N-dealkylation sites (tertiary alicyclic amines) is 1. The number of carbonyl (C=O) groups is 5. The molecule has 4 amide bonds. The van der Waals surface area contributed by atoms with Crippen molar-refractivity contribution >= 4 is 40.5 Å². The molecule has 3 aliphatic rings. The predicted octanol–water partition coefficient (Wildman–Crippen LogP) is 6.03. The molecule has 3 N–H and O–H groups in total. The third kappa shape index (κ3) is 10.4. The number of hydrazine groups is 1. The van der Waals surface area contributed by atoms with Crippen molar-refractivity contribution in [2.45, 2.75) is 105 Å². The molecule has 5 atom stereocenters. The fraction of sp³-hybridized carbons (Fsp3) is 0.520. The fourth-order valence-corrected chi connectivity index (χ4v) is 10.2. The van der Waals surface area contributed by atoms with Gasteiger partial charge in [0.05, 0.1) is 30.7 Å². The molecule has 2 aromatic heterocycles. The van der Waals surface area contributed by atoms with E-state index in [1.165, 1.54) is 18.1 Å². The van der Waals surface area contributed by atoms with Crippen LogP contribution in [0.15, 0.2) is 54.9 Å². The highest BCUT2D eigenvalue weighted by atomic mass is 19.4. The molecule has 2 unspecified atom stereocenters. The molecular weight excluding hydrogens is 884 g/mol. The minimum Gasteiger partial charge on any atom is -0.508 e. The van der Waals surface area contributed by atoms with Crippen molar-refractivity contribution < 1.29 is 51.7 Å². The number of aromatic hydroxyl groups is 1. The Morgan fingerprint density at radius 2 is 1.84 bits per heavy atom. The highest BCUT2D eigenvalue weighted by Crippen LogP contribution is 2.42. The Balaban J connectivity index is 1.31. The van der Waals surface area contributed by atoms with Gasteiger partial charge in [0.25, 0.3) is 5.91 Å². The van der Waals surface area contributed by atoms with Gasteiger partial charge in [-0.15, -0.1) is 0 Å². The Hall–Kier alpha value is -6.01. The summed E-state index contributed by atoms with van der Waals surface area (Å²) >= 11 is 0. The number of fused-ring (bicyclic) bond motifs is 6. The molecule has 6 bridgehead atoms. The summed E-state index contributed by atoms with van der Waals surface area (Å²) in [6.45, 7) is 10.6. The van der Waals surface area contributed by atoms with Crippen molar-refractivity contribution in [3.63, 3.8) is 0 Å². The number of phenols is 1. The maximum absolute atomic E-state index is 14.7. The summed E-state index contributed by atoms with van der Waals surface area (Å²) < 4.78 is 56.8. The second kappa shape index (κ2) is 19.9. The van der Waals surface area contributed by atoms with Gasteiger partial charge < -0.3 is 34.3 Å². The number of halogens is 3. The first-order valence-electron chi connectivity index (χ1n) is 23.2. The smallest absolute Gasteiger partial charge is 0.394 e. The number of esters is 1. The number of aryl methyl sites for hydroxylation is 1. The monoisotopic (exact) mass is 945 g/mol. The lowest BCUT2D eigenvalue weighted by molar-refractivity contribution is -0.186. The number of alkyl halides is 3. The zero-order chi connectivity index (χ0) is 49.4. The van der Waals surface area contributed by atoms with Crippen molar-refractivity contribution in [3.8, 4) is 28.1 Å². The van der Waals surface area contributed by atoms with Gasteiger partial charge in [-0.05, 0) is 90.3 Å². The molecular formula is C50H62F3N7O8. The molecule has 2 aromatic carbocycles. The number of nitrogens with zero attached hydrogens (tertiary/aromatic N) is 5. The van der Waals surface area contributed by atoms with Crippen LogP contribution >= 0.6 is 0 Å². The second-order valence-electron chi connectivity index (χ2n) is 19.5. The average molecular weight is 946 g/mol. The Morgan fingerprint density at radius 1 is 1.09 bits per heavy atom. The van der Waals surface area contributed by atoms with Crippen molar-refractivity contribution in [2.24, 2.45) is 23.2 Å². The number of pyridine rings is 1. The van der Waals surface area contributed by atoms with Gasteiger partial charge in [-0.1, -0.05) is 39.8 Å². The van der Waals surface area contributed by atoms with Crippen LogP contribution in [0.4, 0.5) is 13.2 Å². The van der Waals surface area contributed by atoms with Crippen LogP contribution < -0.4 is 10.7 Å². The van der Waals surface area contributed by atoms with Crippen LogP contribution in [0.2, 0.25) is 0 Å². The summed E-state index contributed by atoms with van der Waals surface area (Å²) in [5.74, 6) is -8.05.